The molecule has 0 unspecified atom stereocenters. The standard InChI is InChI=1S/C8H8FNO2.Pd/c1-6(11)10(12)8-4-2-7(9)3-5-8;/h2-5,12H,1H3;. The minimum Gasteiger partial charge on any atom is -0.281 e. The summed E-state index contributed by atoms with van der Waals surface area (Å²) in [5.41, 5.74) is 0.254. The van der Waals surface area contributed by atoms with E-state index in [0.29, 0.717) is 5.06 Å². The van der Waals surface area contributed by atoms with Gasteiger partial charge in [-0.1, -0.05) is 0 Å². The van der Waals surface area contributed by atoms with E-state index in [2.05, 4.69) is 0 Å². The van der Waals surface area contributed by atoms with Crippen molar-refractivity contribution in [1.82, 2.24) is 0 Å². The molecule has 0 heterocycles. The SMILES string of the molecule is CC(=O)N(O)c1ccc(F)cc1.[Pd]. The van der Waals surface area contributed by atoms with Crippen LogP contribution in [-0.4, -0.2) is 11.1 Å². The van der Waals surface area contributed by atoms with Crippen LogP contribution in [0.2, 0.25) is 0 Å². The molecule has 13 heavy (non-hydrogen) atoms. The van der Waals surface area contributed by atoms with Crippen LogP contribution in [0.15, 0.2) is 24.3 Å². The van der Waals surface area contributed by atoms with Crippen LogP contribution < -0.4 is 5.06 Å². The molecule has 0 radical (unpaired) electrons. The Labute approximate surface area is 88.8 Å². The van der Waals surface area contributed by atoms with Gasteiger partial charge in [-0.2, -0.15) is 5.06 Å². The predicted octanol–water partition coefficient (Wildman–Crippen LogP) is 1.57. The minimum atomic E-state index is -0.512. The van der Waals surface area contributed by atoms with Gasteiger partial charge in [0.1, 0.15) is 5.82 Å². The monoisotopic (exact) mass is 275 g/mol. The van der Waals surface area contributed by atoms with Gasteiger partial charge in [-0.05, 0) is 24.3 Å². The number of anilines is 1. The first-order valence-corrected chi connectivity index (χ1v) is 3.36. The minimum absolute atomic E-state index is 0. The molecule has 1 amide bonds. The number of hydrogen-bond acceptors (Lipinski definition) is 2. The molecule has 0 aliphatic carbocycles. The largest absolute Gasteiger partial charge is 0.281 e. The second kappa shape index (κ2) is 5.08. The second-order valence-electron chi connectivity index (χ2n) is 2.31. The summed E-state index contributed by atoms with van der Waals surface area (Å²) in [5.74, 6) is -0.919. The van der Waals surface area contributed by atoms with E-state index in [9.17, 15) is 9.18 Å². The normalized spacial score (nSPS) is 8.85. The van der Waals surface area contributed by atoms with Crippen LogP contribution in [0.25, 0.3) is 0 Å². The van der Waals surface area contributed by atoms with Gasteiger partial charge in [-0.15, -0.1) is 0 Å². The summed E-state index contributed by atoms with van der Waals surface area (Å²) in [6.45, 7) is 1.21. The Balaban J connectivity index is 0.00000144. The van der Waals surface area contributed by atoms with E-state index in [4.69, 9.17) is 5.21 Å². The zero-order valence-electron chi connectivity index (χ0n) is 6.81. The maximum absolute atomic E-state index is 12.4. The van der Waals surface area contributed by atoms with Crippen LogP contribution in [0.4, 0.5) is 10.1 Å². The van der Waals surface area contributed by atoms with Crippen LogP contribution in [0, 0.1) is 5.82 Å². The molecule has 0 fully saturated rings. The number of halogens is 1. The molecule has 74 valence electrons. The predicted molar refractivity (Wildman–Crippen MR) is 41.3 cm³/mol. The zero-order valence-corrected chi connectivity index (χ0v) is 8.36. The van der Waals surface area contributed by atoms with E-state index in [1.807, 2.05) is 0 Å². The van der Waals surface area contributed by atoms with Crippen molar-refractivity contribution in [3.8, 4) is 0 Å². The van der Waals surface area contributed by atoms with Crippen LogP contribution in [-0.2, 0) is 25.2 Å². The van der Waals surface area contributed by atoms with Gasteiger partial charge in [0.2, 0.25) is 5.91 Å². The van der Waals surface area contributed by atoms with Crippen molar-refractivity contribution in [1.29, 1.82) is 0 Å². The first-order chi connectivity index (χ1) is 5.61. The number of amides is 1. The molecule has 0 aromatic heterocycles. The Morgan fingerprint density at radius 1 is 1.38 bits per heavy atom. The summed E-state index contributed by atoms with van der Waals surface area (Å²) in [6.07, 6.45) is 0. The fraction of sp³-hybridized carbons (Fsp3) is 0.125. The fourth-order valence-electron chi connectivity index (χ4n) is 0.764. The Hall–Kier alpha value is -0.758. The van der Waals surface area contributed by atoms with Crippen molar-refractivity contribution in [2.45, 2.75) is 6.92 Å². The molecule has 3 nitrogen and oxygen atoms in total. The molecule has 0 bridgehead atoms. The fourth-order valence-corrected chi connectivity index (χ4v) is 0.764. The number of carbonyl (C=O) groups excluding carboxylic acids is 1. The van der Waals surface area contributed by atoms with Crippen LogP contribution >= 0.6 is 0 Å². The van der Waals surface area contributed by atoms with Crippen LogP contribution in [0.5, 0.6) is 0 Å². The number of hydrogen-bond donors (Lipinski definition) is 1. The molecule has 0 aliphatic heterocycles. The first kappa shape index (κ1) is 12.2. The van der Waals surface area contributed by atoms with Crippen LogP contribution in [0.1, 0.15) is 6.92 Å². The molecule has 0 saturated heterocycles. The zero-order chi connectivity index (χ0) is 9.14. The third kappa shape index (κ3) is 3.23. The molecule has 0 spiro atoms. The van der Waals surface area contributed by atoms with E-state index in [-0.39, 0.29) is 26.1 Å². The van der Waals surface area contributed by atoms with Gasteiger partial charge in [0.15, 0.2) is 0 Å². The Morgan fingerprint density at radius 3 is 2.23 bits per heavy atom. The van der Waals surface area contributed by atoms with Gasteiger partial charge in [0, 0.05) is 27.3 Å². The third-order valence-corrected chi connectivity index (χ3v) is 1.37. The molecule has 1 N–H and O–H groups in total. The Morgan fingerprint density at radius 2 is 1.85 bits per heavy atom. The van der Waals surface area contributed by atoms with Gasteiger partial charge < -0.3 is 0 Å². The summed E-state index contributed by atoms with van der Waals surface area (Å²) in [7, 11) is 0. The van der Waals surface area contributed by atoms with Crippen molar-refractivity contribution in [2.24, 2.45) is 0 Å². The summed E-state index contributed by atoms with van der Waals surface area (Å²) in [6, 6.07) is 4.97. The average Bonchev–Trinajstić information content (AvgIpc) is 2.04. The number of carbonyl (C=O) groups is 1. The van der Waals surface area contributed by atoms with Crippen LogP contribution in [0.3, 0.4) is 0 Å². The van der Waals surface area contributed by atoms with Gasteiger partial charge in [-0.3, -0.25) is 10.0 Å². The summed E-state index contributed by atoms with van der Waals surface area (Å²) < 4.78 is 12.4. The van der Waals surface area contributed by atoms with Gasteiger partial charge in [0.05, 0.1) is 5.69 Å². The van der Waals surface area contributed by atoms with Crippen molar-refractivity contribution < 1.29 is 34.8 Å². The number of nitrogens with zero attached hydrogens (tertiary/aromatic N) is 1. The van der Waals surface area contributed by atoms with Crippen molar-refractivity contribution in [2.75, 3.05) is 5.06 Å². The molecule has 1 aromatic carbocycles. The Bertz CT molecular complexity index is 289. The summed E-state index contributed by atoms with van der Waals surface area (Å²) in [5, 5.41) is 9.51. The number of rotatable bonds is 1. The second-order valence-corrected chi connectivity index (χ2v) is 2.31. The quantitative estimate of drug-likeness (QED) is 0.480. The van der Waals surface area contributed by atoms with Gasteiger partial charge in [0.25, 0.3) is 0 Å². The molecular formula is C8H8FNO2Pd. The molecular weight excluding hydrogens is 268 g/mol. The number of hydroxylamine groups is 1. The average molecular weight is 276 g/mol. The van der Waals surface area contributed by atoms with E-state index in [1.54, 1.807) is 0 Å². The molecule has 1 aromatic rings. The van der Waals surface area contributed by atoms with Gasteiger partial charge >= 0.3 is 0 Å². The van der Waals surface area contributed by atoms with Crippen molar-refractivity contribution in [3.63, 3.8) is 0 Å². The summed E-state index contributed by atoms with van der Waals surface area (Å²) in [4.78, 5) is 10.6. The molecule has 0 atom stereocenters. The maximum atomic E-state index is 12.4. The third-order valence-electron chi connectivity index (χ3n) is 1.37. The Kier molecular flexibility index (Phi) is 4.78. The van der Waals surface area contributed by atoms with E-state index >= 15 is 0 Å². The smallest absolute Gasteiger partial charge is 0.247 e. The first-order valence-electron chi connectivity index (χ1n) is 3.36. The summed E-state index contributed by atoms with van der Waals surface area (Å²) >= 11 is 0. The molecule has 5 heteroatoms. The molecule has 1 rings (SSSR count). The van der Waals surface area contributed by atoms with E-state index < -0.39 is 11.7 Å². The van der Waals surface area contributed by atoms with E-state index in [0.717, 1.165) is 0 Å². The maximum Gasteiger partial charge on any atom is 0.247 e. The van der Waals surface area contributed by atoms with Gasteiger partial charge in [-0.25, -0.2) is 4.39 Å². The van der Waals surface area contributed by atoms with E-state index in [1.165, 1.54) is 31.2 Å². The topological polar surface area (TPSA) is 40.5 Å². The molecule has 0 aliphatic rings. The van der Waals surface area contributed by atoms with Crippen molar-refractivity contribution in [3.05, 3.63) is 30.1 Å². The number of benzene rings is 1. The molecule has 0 saturated carbocycles. The van der Waals surface area contributed by atoms with Crippen molar-refractivity contribution >= 4 is 11.6 Å².